The molecule has 2 aliphatic heterocycles. The van der Waals surface area contributed by atoms with Gasteiger partial charge in [0, 0.05) is 49.5 Å². The Hall–Kier alpha value is -2.87. The van der Waals surface area contributed by atoms with Crippen molar-refractivity contribution in [3.63, 3.8) is 0 Å². The van der Waals surface area contributed by atoms with E-state index in [9.17, 15) is 0 Å². The Balaban J connectivity index is 1.48. The van der Waals surface area contributed by atoms with Crippen LogP contribution in [-0.4, -0.2) is 38.2 Å². The smallest absolute Gasteiger partial charge is 0.256 e. The highest BCUT2D eigenvalue weighted by Gasteiger charge is 2.28. The molecule has 8 heteroatoms. The minimum Gasteiger partial charge on any atom is -0.368 e. The average Bonchev–Trinajstić information content (AvgIpc) is 3.40. The molecule has 0 aromatic carbocycles. The summed E-state index contributed by atoms with van der Waals surface area (Å²) in [6, 6.07) is 1.83. The third kappa shape index (κ3) is 2.95. The lowest BCUT2D eigenvalue weighted by atomic mass is 9.94. The van der Waals surface area contributed by atoms with Gasteiger partial charge in [0.2, 0.25) is 11.8 Å². The van der Waals surface area contributed by atoms with Crippen LogP contribution in [-0.2, 0) is 17.7 Å². The van der Waals surface area contributed by atoms with E-state index in [4.69, 9.17) is 9.26 Å². The lowest BCUT2D eigenvalue weighted by Crippen LogP contribution is -2.32. The molecule has 0 amide bonds. The van der Waals surface area contributed by atoms with Crippen molar-refractivity contribution >= 4 is 5.95 Å². The summed E-state index contributed by atoms with van der Waals surface area (Å²) in [4.78, 5) is 20.1. The second kappa shape index (κ2) is 6.70. The molecule has 5 rings (SSSR count). The Morgan fingerprint density at radius 2 is 2.07 bits per heavy atom. The Morgan fingerprint density at radius 1 is 1.19 bits per heavy atom. The van der Waals surface area contributed by atoms with Gasteiger partial charge in [0.15, 0.2) is 0 Å². The molecule has 3 aromatic heterocycles. The van der Waals surface area contributed by atoms with E-state index in [2.05, 4.69) is 30.0 Å². The molecule has 1 atom stereocenters. The van der Waals surface area contributed by atoms with Gasteiger partial charge in [0.1, 0.15) is 6.10 Å². The van der Waals surface area contributed by atoms with Gasteiger partial charge in [-0.25, -0.2) is 9.97 Å². The van der Waals surface area contributed by atoms with E-state index in [1.807, 2.05) is 19.2 Å². The highest BCUT2D eigenvalue weighted by atomic mass is 16.5. The fourth-order valence-electron chi connectivity index (χ4n) is 3.81. The summed E-state index contributed by atoms with van der Waals surface area (Å²) >= 11 is 0. The number of fused-ring (bicyclic) bond motifs is 1. The van der Waals surface area contributed by atoms with Crippen molar-refractivity contribution < 1.29 is 9.26 Å². The van der Waals surface area contributed by atoms with Crippen molar-refractivity contribution in [2.24, 2.45) is 0 Å². The molecule has 1 saturated heterocycles. The van der Waals surface area contributed by atoms with Gasteiger partial charge in [-0.2, -0.15) is 4.98 Å². The second-order valence-corrected chi connectivity index (χ2v) is 6.90. The number of nitrogens with zero attached hydrogens (tertiary/aromatic N) is 6. The van der Waals surface area contributed by atoms with E-state index in [0.29, 0.717) is 11.7 Å². The molecule has 27 heavy (non-hydrogen) atoms. The number of pyridine rings is 1. The fourth-order valence-corrected chi connectivity index (χ4v) is 3.81. The second-order valence-electron chi connectivity index (χ2n) is 6.90. The molecule has 0 N–H and O–H groups in total. The van der Waals surface area contributed by atoms with Crippen molar-refractivity contribution in [3.05, 3.63) is 47.4 Å². The van der Waals surface area contributed by atoms with Crippen molar-refractivity contribution in [2.75, 3.05) is 18.1 Å². The zero-order valence-corrected chi connectivity index (χ0v) is 15.1. The fraction of sp³-hybridized carbons (Fsp3) is 0.421. The molecule has 0 radical (unpaired) electrons. The molecule has 1 fully saturated rings. The summed E-state index contributed by atoms with van der Waals surface area (Å²) in [7, 11) is 0. The number of aromatic nitrogens is 5. The molecule has 5 heterocycles. The summed E-state index contributed by atoms with van der Waals surface area (Å²) in [5, 5.41) is 4.23. The van der Waals surface area contributed by atoms with E-state index in [-0.39, 0.29) is 6.10 Å². The molecular formula is C19H20N6O2. The van der Waals surface area contributed by atoms with E-state index >= 15 is 0 Å². The number of hydrogen-bond acceptors (Lipinski definition) is 8. The van der Waals surface area contributed by atoms with Crippen LogP contribution in [0.2, 0.25) is 0 Å². The van der Waals surface area contributed by atoms with E-state index < -0.39 is 0 Å². The summed E-state index contributed by atoms with van der Waals surface area (Å²) < 4.78 is 11.2. The third-order valence-electron chi connectivity index (χ3n) is 5.16. The van der Waals surface area contributed by atoms with Gasteiger partial charge in [0.05, 0.1) is 0 Å². The van der Waals surface area contributed by atoms with Crippen LogP contribution in [0.5, 0.6) is 0 Å². The van der Waals surface area contributed by atoms with Gasteiger partial charge < -0.3 is 14.2 Å². The first kappa shape index (κ1) is 16.3. The van der Waals surface area contributed by atoms with Crippen LogP contribution in [0.15, 0.2) is 29.2 Å². The summed E-state index contributed by atoms with van der Waals surface area (Å²) in [5.41, 5.74) is 4.28. The predicted molar refractivity (Wildman–Crippen MR) is 97.0 cm³/mol. The van der Waals surface area contributed by atoms with Crippen LogP contribution < -0.4 is 4.90 Å². The van der Waals surface area contributed by atoms with Gasteiger partial charge in [-0.05, 0) is 43.4 Å². The first-order chi connectivity index (χ1) is 13.3. The molecule has 0 bridgehead atoms. The van der Waals surface area contributed by atoms with Gasteiger partial charge in [-0.3, -0.25) is 4.98 Å². The topological polar surface area (TPSA) is 90.1 Å². The number of hydrogen-bond donors (Lipinski definition) is 0. The molecule has 0 saturated carbocycles. The lowest BCUT2D eigenvalue weighted by Gasteiger charge is -2.29. The van der Waals surface area contributed by atoms with Crippen LogP contribution in [0, 0.1) is 6.92 Å². The average molecular weight is 364 g/mol. The van der Waals surface area contributed by atoms with E-state index in [0.717, 1.165) is 61.7 Å². The molecule has 1 unspecified atom stereocenters. The van der Waals surface area contributed by atoms with Crippen LogP contribution in [0.1, 0.15) is 41.7 Å². The van der Waals surface area contributed by atoms with Crippen molar-refractivity contribution in [2.45, 2.75) is 38.8 Å². The van der Waals surface area contributed by atoms with Crippen molar-refractivity contribution in [3.8, 4) is 11.4 Å². The maximum absolute atomic E-state index is 5.66. The molecule has 0 aliphatic carbocycles. The Labute approximate surface area is 156 Å². The molecule has 3 aromatic rings. The molecule has 0 spiro atoms. The summed E-state index contributed by atoms with van der Waals surface area (Å²) in [6.07, 6.45) is 8.20. The molecule has 2 aliphatic rings. The van der Waals surface area contributed by atoms with E-state index in [1.165, 1.54) is 5.56 Å². The quantitative estimate of drug-likeness (QED) is 0.701. The highest BCUT2D eigenvalue weighted by molar-refractivity contribution is 5.65. The molecule has 138 valence electrons. The zero-order chi connectivity index (χ0) is 18.2. The van der Waals surface area contributed by atoms with Crippen LogP contribution >= 0.6 is 0 Å². The minimum absolute atomic E-state index is 0.0789. The molecular weight excluding hydrogens is 344 g/mol. The van der Waals surface area contributed by atoms with Gasteiger partial charge in [0.25, 0.3) is 5.89 Å². The standard InChI is InChI=1S/C19H20N6O2/c1-12-16(17-23-18(27-24-17)15-4-2-9-26-15)14-5-8-25(11-13(14)10-22-12)19-20-6-3-7-21-19/h3,6-7,10,15H,2,4-5,8-9,11H2,1H3. The Kier molecular flexibility index (Phi) is 4.05. The van der Waals surface area contributed by atoms with Gasteiger partial charge in [-0.15, -0.1) is 0 Å². The summed E-state index contributed by atoms with van der Waals surface area (Å²) in [6.45, 7) is 4.30. The highest BCUT2D eigenvalue weighted by Crippen LogP contribution is 2.33. The molecule has 8 nitrogen and oxygen atoms in total. The maximum atomic E-state index is 5.66. The van der Waals surface area contributed by atoms with Gasteiger partial charge >= 0.3 is 0 Å². The normalized spacial score (nSPS) is 19.3. The number of anilines is 1. The van der Waals surface area contributed by atoms with Crippen LogP contribution in [0.25, 0.3) is 11.4 Å². The van der Waals surface area contributed by atoms with Gasteiger partial charge in [-0.1, -0.05) is 5.16 Å². The zero-order valence-electron chi connectivity index (χ0n) is 15.1. The maximum Gasteiger partial charge on any atom is 0.256 e. The predicted octanol–water partition coefficient (Wildman–Crippen LogP) is 2.64. The van der Waals surface area contributed by atoms with Crippen molar-refractivity contribution in [1.82, 2.24) is 25.1 Å². The van der Waals surface area contributed by atoms with E-state index in [1.54, 1.807) is 12.4 Å². The monoisotopic (exact) mass is 364 g/mol. The minimum atomic E-state index is -0.0789. The lowest BCUT2D eigenvalue weighted by molar-refractivity contribution is 0.0835. The first-order valence-electron chi connectivity index (χ1n) is 9.24. The van der Waals surface area contributed by atoms with Crippen LogP contribution in [0.3, 0.4) is 0 Å². The number of rotatable bonds is 3. The number of aryl methyl sites for hydroxylation is 1. The largest absolute Gasteiger partial charge is 0.368 e. The Bertz CT molecular complexity index is 952. The van der Waals surface area contributed by atoms with Crippen LogP contribution in [0.4, 0.5) is 5.95 Å². The SMILES string of the molecule is Cc1ncc2c(c1-c1noc(C3CCCO3)n1)CCN(c1ncccn1)C2. The first-order valence-corrected chi connectivity index (χ1v) is 9.24. The summed E-state index contributed by atoms with van der Waals surface area (Å²) in [5.74, 6) is 1.91. The Morgan fingerprint density at radius 3 is 2.89 bits per heavy atom. The third-order valence-corrected chi connectivity index (χ3v) is 5.16. The number of ether oxygens (including phenoxy) is 1. The van der Waals surface area contributed by atoms with Crippen molar-refractivity contribution in [1.29, 1.82) is 0 Å².